The normalized spacial score (nSPS) is 10.7. The molecule has 0 unspecified atom stereocenters. The van der Waals surface area contributed by atoms with Crippen LogP contribution < -0.4 is 22.4 Å². The summed E-state index contributed by atoms with van der Waals surface area (Å²) in [5.41, 5.74) is 3.05. The standard InChI is InChI=1S/C17H13N3O7/c1-20-14(18)13(15(23)19-17(20)25)10(22)7-26-16(24)12-6-9(21)8-4-2-3-5-11(8)27-12/h2-6H,7,18H2,1H3,(H,19,23,25). The topological polar surface area (TPSA) is 154 Å². The Morgan fingerprint density at radius 2 is 1.93 bits per heavy atom. The Bertz CT molecular complexity index is 1250. The highest BCUT2D eigenvalue weighted by Gasteiger charge is 2.21. The van der Waals surface area contributed by atoms with E-state index >= 15 is 0 Å². The zero-order valence-electron chi connectivity index (χ0n) is 14.0. The Labute approximate surface area is 149 Å². The number of nitrogens with zero attached hydrogens (tertiary/aromatic N) is 1. The number of nitrogen functional groups attached to an aromatic ring is 1. The van der Waals surface area contributed by atoms with Gasteiger partial charge in [-0.1, -0.05) is 12.1 Å². The van der Waals surface area contributed by atoms with Crippen molar-refractivity contribution in [1.82, 2.24) is 9.55 Å². The van der Waals surface area contributed by atoms with Crippen molar-refractivity contribution in [1.29, 1.82) is 0 Å². The molecule has 2 heterocycles. The largest absolute Gasteiger partial charge is 0.451 e. The van der Waals surface area contributed by atoms with Crippen molar-refractivity contribution >= 4 is 28.5 Å². The van der Waals surface area contributed by atoms with E-state index in [1.54, 1.807) is 12.1 Å². The number of ether oxygens (including phenoxy) is 1. The minimum absolute atomic E-state index is 0.182. The van der Waals surface area contributed by atoms with Crippen LogP contribution in [-0.4, -0.2) is 27.9 Å². The van der Waals surface area contributed by atoms with Crippen LogP contribution >= 0.6 is 0 Å². The lowest BCUT2D eigenvalue weighted by molar-refractivity contribution is 0.0444. The van der Waals surface area contributed by atoms with Crippen molar-refractivity contribution in [3.8, 4) is 0 Å². The third-order valence-electron chi connectivity index (χ3n) is 3.82. The van der Waals surface area contributed by atoms with Gasteiger partial charge in [-0.05, 0) is 12.1 Å². The maximum atomic E-state index is 12.2. The van der Waals surface area contributed by atoms with Gasteiger partial charge in [-0.25, -0.2) is 9.59 Å². The van der Waals surface area contributed by atoms with Gasteiger partial charge in [-0.3, -0.25) is 23.9 Å². The molecule has 2 aromatic heterocycles. The first-order valence-corrected chi connectivity index (χ1v) is 7.61. The van der Waals surface area contributed by atoms with Crippen molar-refractivity contribution in [3.63, 3.8) is 0 Å². The summed E-state index contributed by atoms with van der Waals surface area (Å²) in [6.07, 6.45) is 0. The molecule has 1 aromatic carbocycles. The molecule has 0 aliphatic carbocycles. The fourth-order valence-corrected chi connectivity index (χ4v) is 2.39. The molecule has 0 atom stereocenters. The molecule has 0 fully saturated rings. The molecule has 0 aliphatic heterocycles. The number of anilines is 1. The second-order valence-corrected chi connectivity index (χ2v) is 5.55. The molecule has 0 saturated carbocycles. The van der Waals surface area contributed by atoms with Gasteiger partial charge in [0.25, 0.3) is 5.56 Å². The Hall–Kier alpha value is -3.95. The number of hydrogen-bond donors (Lipinski definition) is 2. The smallest absolute Gasteiger partial charge is 0.374 e. The first-order chi connectivity index (χ1) is 12.8. The first kappa shape index (κ1) is 17.9. The van der Waals surface area contributed by atoms with Crippen LogP contribution in [0.15, 0.2) is 49.1 Å². The van der Waals surface area contributed by atoms with Gasteiger partial charge >= 0.3 is 11.7 Å². The van der Waals surface area contributed by atoms with E-state index in [1.165, 1.54) is 19.2 Å². The lowest BCUT2D eigenvalue weighted by Gasteiger charge is -2.08. The van der Waals surface area contributed by atoms with Crippen molar-refractivity contribution in [2.24, 2.45) is 7.05 Å². The van der Waals surface area contributed by atoms with Gasteiger partial charge in [-0.15, -0.1) is 0 Å². The first-order valence-electron chi connectivity index (χ1n) is 7.61. The van der Waals surface area contributed by atoms with Gasteiger partial charge in [0.05, 0.1) is 5.39 Å². The van der Waals surface area contributed by atoms with Crippen molar-refractivity contribution in [2.45, 2.75) is 0 Å². The number of aromatic amines is 1. The second-order valence-electron chi connectivity index (χ2n) is 5.55. The van der Waals surface area contributed by atoms with E-state index in [9.17, 15) is 24.0 Å². The molecule has 138 valence electrons. The molecule has 0 saturated heterocycles. The number of rotatable bonds is 4. The van der Waals surface area contributed by atoms with Crippen LogP contribution in [0.5, 0.6) is 0 Å². The van der Waals surface area contributed by atoms with Crippen LogP contribution in [0.25, 0.3) is 11.0 Å². The predicted molar refractivity (Wildman–Crippen MR) is 93.8 cm³/mol. The minimum atomic E-state index is -1.06. The molecule has 10 nitrogen and oxygen atoms in total. The van der Waals surface area contributed by atoms with E-state index in [2.05, 4.69) is 0 Å². The Morgan fingerprint density at radius 1 is 1.22 bits per heavy atom. The van der Waals surface area contributed by atoms with Crippen LogP contribution in [0.4, 0.5) is 5.82 Å². The van der Waals surface area contributed by atoms with Crippen LogP contribution in [0.3, 0.4) is 0 Å². The molecule has 27 heavy (non-hydrogen) atoms. The number of para-hydroxylation sites is 1. The third kappa shape index (κ3) is 3.27. The van der Waals surface area contributed by atoms with E-state index in [0.717, 1.165) is 10.6 Å². The lowest BCUT2D eigenvalue weighted by atomic mass is 10.2. The highest BCUT2D eigenvalue weighted by Crippen LogP contribution is 2.12. The number of carbonyl (C=O) groups excluding carboxylic acids is 2. The number of aromatic nitrogens is 2. The SMILES string of the molecule is Cn1c(N)c(C(=O)COC(=O)c2cc(=O)c3ccccc3o2)c(=O)[nH]c1=O. The number of nitrogens with two attached hydrogens (primary N) is 1. The van der Waals surface area contributed by atoms with Crippen LogP contribution in [0.1, 0.15) is 20.9 Å². The third-order valence-corrected chi connectivity index (χ3v) is 3.82. The number of ketones is 1. The molecular weight excluding hydrogens is 358 g/mol. The zero-order chi connectivity index (χ0) is 19.7. The Balaban J connectivity index is 1.84. The number of hydrogen-bond acceptors (Lipinski definition) is 8. The lowest BCUT2D eigenvalue weighted by Crippen LogP contribution is -2.35. The molecule has 0 bridgehead atoms. The van der Waals surface area contributed by atoms with Crippen LogP contribution in [0.2, 0.25) is 0 Å². The number of nitrogens with one attached hydrogen (secondary N) is 1. The quantitative estimate of drug-likeness (QED) is 0.472. The maximum Gasteiger partial charge on any atom is 0.374 e. The molecule has 3 aromatic rings. The Kier molecular flexibility index (Phi) is 4.46. The summed E-state index contributed by atoms with van der Waals surface area (Å²) in [6.45, 7) is -0.832. The highest BCUT2D eigenvalue weighted by molar-refractivity contribution is 6.02. The molecule has 0 spiro atoms. The van der Waals surface area contributed by atoms with Crippen molar-refractivity contribution < 1.29 is 18.7 Å². The average Bonchev–Trinajstić information content (AvgIpc) is 2.64. The second kappa shape index (κ2) is 6.75. The molecule has 3 rings (SSSR count). The summed E-state index contributed by atoms with van der Waals surface area (Å²) in [6, 6.07) is 7.25. The monoisotopic (exact) mass is 371 g/mol. The summed E-state index contributed by atoms with van der Waals surface area (Å²) in [7, 11) is 1.26. The Morgan fingerprint density at radius 3 is 2.67 bits per heavy atom. The van der Waals surface area contributed by atoms with Crippen LogP contribution in [0, 0.1) is 0 Å². The predicted octanol–water partition coefficient (Wildman–Crippen LogP) is -0.198. The number of carbonyl (C=O) groups is 2. The van der Waals surface area contributed by atoms with Gasteiger partial charge in [0.1, 0.15) is 17.0 Å². The highest BCUT2D eigenvalue weighted by atomic mass is 16.5. The number of Topliss-reactive ketones (excluding diaryl/α,β-unsaturated/α-hetero) is 1. The summed E-state index contributed by atoms with van der Waals surface area (Å²) in [5, 5.41) is 0.287. The summed E-state index contributed by atoms with van der Waals surface area (Å²) >= 11 is 0. The van der Waals surface area contributed by atoms with Crippen LogP contribution in [-0.2, 0) is 11.8 Å². The molecule has 10 heteroatoms. The molecule has 0 aliphatic rings. The molecular formula is C17H13N3O7. The van der Waals surface area contributed by atoms with E-state index in [-0.39, 0.29) is 16.8 Å². The van der Waals surface area contributed by atoms with Crippen molar-refractivity contribution in [3.05, 3.63) is 72.7 Å². The van der Waals surface area contributed by atoms with Gasteiger partial charge in [0.2, 0.25) is 11.5 Å². The fraction of sp³-hybridized carbons (Fsp3) is 0.118. The molecule has 0 radical (unpaired) electrons. The van der Waals surface area contributed by atoms with E-state index in [4.69, 9.17) is 14.9 Å². The summed E-state index contributed by atoms with van der Waals surface area (Å²) in [4.78, 5) is 61.4. The number of H-pyrrole nitrogens is 1. The molecule has 0 amide bonds. The number of benzene rings is 1. The van der Waals surface area contributed by atoms with E-state index in [1.807, 2.05) is 4.98 Å². The number of fused-ring (bicyclic) bond motifs is 1. The maximum absolute atomic E-state index is 12.2. The molecule has 3 N–H and O–H groups in total. The van der Waals surface area contributed by atoms with Gasteiger partial charge < -0.3 is 14.9 Å². The zero-order valence-corrected chi connectivity index (χ0v) is 14.0. The van der Waals surface area contributed by atoms with Gasteiger partial charge in [0.15, 0.2) is 12.0 Å². The number of esters is 1. The van der Waals surface area contributed by atoms with E-state index in [0.29, 0.717) is 0 Å². The van der Waals surface area contributed by atoms with Gasteiger partial charge in [0, 0.05) is 13.1 Å². The van der Waals surface area contributed by atoms with Gasteiger partial charge in [-0.2, -0.15) is 0 Å². The van der Waals surface area contributed by atoms with E-state index < -0.39 is 46.4 Å². The average molecular weight is 371 g/mol. The fourth-order valence-electron chi connectivity index (χ4n) is 2.39. The van der Waals surface area contributed by atoms with Crippen molar-refractivity contribution in [2.75, 3.05) is 12.3 Å². The summed E-state index contributed by atoms with van der Waals surface area (Å²) < 4.78 is 11.0. The summed E-state index contributed by atoms with van der Waals surface area (Å²) in [5.74, 6) is -2.73. The minimum Gasteiger partial charge on any atom is -0.451 e.